The molecule has 0 saturated carbocycles. The van der Waals surface area contributed by atoms with Gasteiger partial charge in [0.25, 0.3) is 0 Å². The van der Waals surface area contributed by atoms with Crippen LogP contribution >= 0.6 is 0 Å². The van der Waals surface area contributed by atoms with Crippen LogP contribution in [0.25, 0.3) is 0 Å². The van der Waals surface area contributed by atoms with Gasteiger partial charge >= 0.3 is 0 Å². The number of hydrogen-bond acceptors (Lipinski definition) is 2. The van der Waals surface area contributed by atoms with Crippen molar-refractivity contribution in [2.75, 3.05) is 26.7 Å². The van der Waals surface area contributed by atoms with E-state index in [1.54, 1.807) is 19.2 Å². The molecular weight excluding hydrogens is 367 g/mol. The molecule has 2 N–H and O–H groups in total. The Hall–Kier alpha value is -2.89. The highest BCUT2D eigenvalue weighted by atomic mass is 19.1. The summed E-state index contributed by atoms with van der Waals surface area (Å²) in [6, 6.07) is 15.1. The van der Waals surface area contributed by atoms with Crippen molar-refractivity contribution in [3.05, 3.63) is 71.0 Å². The molecule has 1 aliphatic rings. The Labute approximate surface area is 172 Å². The predicted octanol–water partition coefficient (Wildman–Crippen LogP) is 2.90. The Balaban J connectivity index is 1.34. The molecule has 29 heavy (non-hydrogen) atoms. The van der Waals surface area contributed by atoms with E-state index in [1.807, 2.05) is 17.0 Å². The third kappa shape index (κ3) is 6.04. The van der Waals surface area contributed by atoms with E-state index in [9.17, 15) is 9.18 Å². The molecule has 0 spiro atoms. The fourth-order valence-electron chi connectivity index (χ4n) is 3.55. The molecule has 0 atom stereocenters. The SMILES string of the molecule is CN=C(NCCCC(=O)N1CCc2ccccc2C1)NCCc1ccccc1F. The maximum atomic E-state index is 13.6. The van der Waals surface area contributed by atoms with Crippen LogP contribution in [0, 0.1) is 5.82 Å². The average molecular weight is 397 g/mol. The zero-order valence-electron chi connectivity index (χ0n) is 17.0. The van der Waals surface area contributed by atoms with Crippen molar-refractivity contribution in [2.24, 2.45) is 4.99 Å². The van der Waals surface area contributed by atoms with Crippen LogP contribution < -0.4 is 10.6 Å². The van der Waals surface area contributed by atoms with Gasteiger partial charge in [-0.2, -0.15) is 0 Å². The maximum absolute atomic E-state index is 13.6. The summed E-state index contributed by atoms with van der Waals surface area (Å²) in [5.74, 6) is 0.681. The minimum Gasteiger partial charge on any atom is -0.356 e. The van der Waals surface area contributed by atoms with Gasteiger partial charge in [-0.1, -0.05) is 42.5 Å². The molecule has 1 heterocycles. The van der Waals surface area contributed by atoms with Crippen LogP contribution in [0.1, 0.15) is 29.5 Å². The zero-order valence-corrected chi connectivity index (χ0v) is 17.0. The Morgan fingerprint density at radius 2 is 1.79 bits per heavy atom. The number of amides is 1. The largest absolute Gasteiger partial charge is 0.356 e. The van der Waals surface area contributed by atoms with Crippen molar-refractivity contribution >= 4 is 11.9 Å². The van der Waals surface area contributed by atoms with E-state index < -0.39 is 0 Å². The van der Waals surface area contributed by atoms with Crippen molar-refractivity contribution < 1.29 is 9.18 Å². The predicted molar refractivity (Wildman–Crippen MR) is 114 cm³/mol. The number of fused-ring (bicyclic) bond motifs is 1. The lowest BCUT2D eigenvalue weighted by Crippen LogP contribution is -2.39. The molecule has 1 amide bonds. The smallest absolute Gasteiger partial charge is 0.222 e. The lowest BCUT2D eigenvalue weighted by molar-refractivity contribution is -0.132. The molecule has 0 unspecified atom stereocenters. The molecule has 0 saturated heterocycles. The molecular formula is C23H29FN4O. The fourth-order valence-corrected chi connectivity index (χ4v) is 3.55. The van der Waals surface area contributed by atoms with Gasteiger partial charge in [0, 0.05) is 39.6 Å². The molecule has 2 aromatic carbocycles. The highest BCUT2D eigenvalue weighted by Gasteiger charge is 2.19. The summed E-state index contributed by atoms with van der Waals surface area (Å²) >= 11 is 0. The standard InChI is InChI=1S/C23H29FN4O/c1-25-23(27-15-12-19-8-4-5-10-21(19)24)26-14-6-11-22(29)28-16-13-18-7-2-3-9-20(18)17-28/h2-5,7-10H,6,11-17H2,1H3,(H2,25,26,27). The number of rotatable bonds is 7. The third-order valence-corrected chi connectivity index (χ3v) is 5.21. The normalized spacial score (nSPS) is 13.7. The van der Waals surface area contributed by atoms with Gasteiger partial charge in [0.05, 0.1) is 0 Å². The number of carbonyl (C=O) groups excluding carboxylic acids is 1. The number of aliphatic imine (C=N–C) groups is 1. The Bertz CT molecular complexity index is 852. The van der Waals surface area contributed by atoms with Gasteiger partial charge in [-0.15, -0.1) is 0 Å². The zero-order chi connectivity index (χ0) is 20.5. The number of nitrogens with zero attached hydrogens (tertiary/aromatic N) is 2. The van der Waals surface area contributed by atoms with Gasteiger partial charge in [-0.05, 0) is 42.0 Å². The van der Waals surface area contributed by atoms with E-state index in [-0.39, 0.29) is 11.7 Å². The van der Waals surface area contributed by atoms with Gasteiger partial charge in [0.2, 0.25) is 5.91 Å². The molecule has 6 heteroatoms. The Morgan fingerprint density at radius 3 is 2.59 bits per heavy atom. The van der Waals surface area contributed by atoms with E-state index >= 15 is 0 Å². The Kier molecular flexibility index (Phi) is 7.61. The Morgan fingerprint density at radius 1 is 1.07 bits per heavy atom. The van der Waals surface area contributed by atoms with Gasteiger partial charge in [-0.25, -0.2) is 4.39 Å². The van der Waals surface area contributed by atoms with Crippen LogP contribution in [-0.2, 0) is 24.2 Å². The number of benzene rings is 2. The number of carbonyl (C=O) groups is 1. The van der Waals surface area contributed by atoms with Crippen molar-refractivity contribution in [3.63, 3.8) is 0 Å². The van der Waals surface area contributed by atoms with Crippen LogP contribution in [0.15, 0.2) is 53.5 Å². The second-order valence-corrected chi connectivity index (χ2v) is 7.20. The van der Waals surface area contributed by atoms with E-state index in [0.717, 1.165) is 19.4 Å². The van der Waals surface area contributed by atoms with Crippen molar-refractivity contribution in [3.8, 4) is 0 Å². The highest BCUT2D eigenvalue weighted by molar-refractivity contribution is 5.80. The van der Waals surface area contributed by atoms with E-state index in [0.29, 0.717) is 44.0 Å². The topological polar surface area (TPSA) is 56.7 Å². The van der Waals surface area contributed by atoms with Crippen LogP contribution in [0.3, 0.4) is 0 Å². The summed E-state index contributed by atoms with van der Waals surface area (Å²) in [6.45, 7) is 2.76. The molecule has 0 aromatic heterocycles. The number of nitrogens with one attached hydrogen (secondary N) is 2. The first-order valence-corrected chi connectivity index (χ1v) is 10.2. The van der Waals surface area contributed by atoms with Crippen LogP contribution in [0.5, 0.6) is 0 Å². The number of hydrogen-bond donors (Lipinski definition) is 2. The van der Waals surface area contributed by atoms with Crippen LogP contribution in [0.2, 0.25) is 0 Å². The number of halogens is 1. The van der Waals surface area contributed by atoms with E-state index in [4.69, 9.17) is 0 Å². The fraction of sp³-hybridized carbons (Fsp3) is 0.391. The molecule has 0 radical (unpaired) electrons. The third-order valence-electron chi connectivity index (χ3n) is 5.21. The summed E-state index contributed by atoms with van der Waals surface area (Å²) in [5, 5.41) is 6.40. The molecule has 0 fully saturated rings. The molecule has 3 rings (SSSR count). The first-order chi connectivity index (χ1) is 14.2. The molecule has 2 aromatic rings. The van der Waals surface area contributed by atoms with Gasteiger partial charge in [-0.3, -0.25) is 9.79 Å². The second kappa shape index (κ2) is 10.6. The monoisotopic (exact) mass is 396 g/mol. The van der Waals surface area contributed by atoms with Gasteiger partial charge in [0.1, 0.15) is 5.82 Å². The van der Waals surface area contributed by atoms with E-state index in [1.165, 1.54) is 17.2 Å². The summed E-state index contributed by atoms with van der Waals surface area (Å²) in [5.41, 5.74) is 3.29. The number of guanidine groups is 1. The summed E-state index contributed by atoms with van der Waals surface area (Å²) in [4.78, 5) is 18.6. The van der Waals surface area contributed by atoms with Gasteiger partial charge < -0.3 is 15.5 Å². The minimum absolute atomic E-state index is 0.184. The van der Waals surface area contributed by atoms with Gasteiger partial charge in [0.15, 0.2) is 5.96 Å². The first-order valence-electron chi connectivity index (χ1n) is 10.2. The lowest BCUT2D eigenvalue weighted by atomic mass is 9.99. The molecule has 1 aliphatic heterocycles. The highest BCUT2D eigenvalue weighted by Crippen LogP contribution is 2.19. The quantitative estimate of drug-likeness (QED) is 0.430. The average Bonchev–Trinajstić information content (AvgIpc) is 2.76. The second-order valence-electron chi connectivity index (χ2n) is 7.20. The molecule has 5 nitrogen and oxygen atoms in total. The summed E-state index contributed by atoms with van der Waals surface area (Å²) in [7, 11) is 1.70. The van der Waals surface area contributed by atoms with Crippen LogP contribution in [0.4, 0.5) is 4.39 Å². The lowest BCUT2D eigenvalue weighted by Gasteiger charge is -2.29. The molecule has 0 bridgehead atoms. The maximum Gasteiger partial charge on any atom is 0.222 e. The molecule has 154 valence electrons. The van der Waals surface area contributed by atoms with Crippen molar-refractivity contribution in [2.45, 2.75) is 32.2 Å². The molecule has 0 aliphatic carbocycles. The first kappa shape index (κ1) is 20.8. The van der Waals surface area contributed by atoms with Crippen molar-refractivity contribution in [1.82, 2.24) is 15.5 Å². The van der Waals surface area contributed by atoms with Crippen LogP contribution in [-0.4, -0.2) is 43.4 Å². The van der Waals surface area contributed by atoms with Crippen molar-refractivity contribution in [1.29, 1.82) is 0 Å². The minimum atomic E-state index is -0.184. The summed E-state index contributed by atoms with van der Waals surface area (Å²) < 4.78 is 13.6. The van der Waals surface area contributed by atoms with E-state index in [2.05, 4.69) is 33.8 Å². The summed E-state index contributed by atoms with van der Waals surface area (Å²) in [6.07, 6.45) is 2.77.